The number of aromatic nitrogens is 1. The summed E-state index contributed by atoms with van der Waals surface area (Å²) >= 11 is 1.66. The predicted molar refractivity (Wildman–Crippen MR) is 127 cm³/mol. The summed E-state index contributed by atoms with van der Waals surface area (Å²) in [7, 11) is 1.96. The van der Waals surface area contributed by atoms with E-state index in [0.717, 1.165) is 20.8 Å². The number of hydrogen-bond donors (Lipinski definition) is 1. The van der Waals surface area contributed by atoms with Gasteiger partial charge in [-0.1, -0.05) is 54.6 Å². The molecule has 0 aliphatic rings. The maximum atomic E-state index is 13.4. The fourth-order valence-electron chi connectivity index (χ4n) is 3.59. The largest absolute Gasteiger partial charge is 0.492 e. The molecule has 3 aromatic carbocycles. The second kappa shape index (κ2) is 9.73. The third kappa shape index (κ3) is 4.93. The number of thiazole rings is 1. The van der Waals surface area contributed by atoms with Crippen molar-refractivity contribution >= 4 is 33.1 Å². The number of likely N-dealkylation sites (N-methyl/N-ethyl adjacent to an activating group) is 1. The van der Waals surface area contributed by atoms with E-state index in [1.165, 1.54) is 0 Å². The molecular formula is C25H25N3O2S. The highest BCUT2D eigenvalue weighted by atomic mass is 32.1. The third-order valence-electron chi connectivity index (χ3n) is 4.97. The van der Waals surface area contributed by atoms with Crippen LogP contribution < -0.4 is 10.1 Å². The Morgan fingerprint density at radius 2 is 1.74 bits per heavy atom. The first-order valence-corrected chi connectivity index (χ1v) is 11.1. The summed E-state index contributed by atoms with van der Waals surface area (Å²) < 4.78 is 6.83. The van der Waals surface area contributed by atoms with Gasteiger partial charge >= 0.3 is 0 Å². The summed E-state index contributed by atoms with van der Waals surface area (Å²) in [5.41, 5.74) is 2.59. The van der Waals surface area contributed by atoms with E-state index in [1.54, 1.807) is 11.3 Å². The molecule has 1 amide bonds. The maximum absolute atomic E-state index is 13.4. The van der Waals surface area contributed by atoms with E-state index in [0.29, 0.717) is 24.6 Å². The van der Waals surface area contributed by atoms with Gasteiger partial charge in [-0.25, -0.2) is 4.98 Å². The number of para-hydroxylation sites is 3. The van der Waals surface area contributed by atoms with Gasteiger partial charge in [0.05, 0.1) is 29.1 Å². The van der Waals surface area contributed by atoms with E-state index in [-0.39, 0.29) is 5.91 Å². The van der Waals surface area contributed by atoms with Crippen molar-refractivity contribution in [2.45, 2.75) is 19.5 Å². The van der Waals surface area contributed by atoms with Crippen LogP contribution in [0.4, 0.5) is 5.69 Å². The molecule has 1 atom stereocenters. The van der Waals surface area contributed by atoms with Crippen LogP contribution in [-0.4, -0.2) is 29.4 Å². The maximum Gasteiger partial charge on any atom is 0.246 e. The van der Waals surface area contributed by atoms with Crippen LogP contribution in [0.3, 0.4) is 0 Å². The average Bonchev–Trinajstić information content (AvgIpc) is 3.18. The molecule has 158 valence electrons. The Bertz CT molecular complexity index is 1130. The summed E-state index contributed by atoms with van der Waals surface area (Å²) in [5, 5.41) is 4.04. The number of rotatable bonds is 8. The van der Waals surface area contributed by atoms with Crippen molar-refractivity contribution in [2.24, 2.45) is 0 Å². The number of hydrogen-bond acceptors (Lipinski definition) is 5. The van der Waals surface area contributed by atoms with Crippen LogP contribution in [0.5, 0.6) is 5.75 Å². The Morgan fingerprint density at radius 3 is 2.52 bits per heavy atom. The lowest BCUT2D eigenvalue weighted by Crippen LogP contribution is -2.34. The number of carbonyl (C=O) groups excluding carboxylic acids is 1. The highest BCUT2D eigenvalue weighted by molar-refractivity contribution is 7.18. The lowest BCUT2D eigenvalue weighted by atomic mass is 10.0. The van der Waals surface area contributed by atoms with Gasteiger partial charge in [0.1, 0.15) is 16.8 Å². The van der Waals surface area contributed by atoms with Gasteiger partial charge in [-0.3, -0.25) is 9.69 Å². The van der Waals surface area contributed by atoms with Gasteiger partial charge in [-0.15, -0.1) is 11.3 Å². The second-order valence-electron chi connectivity index (χ2n) is 7.22. The smallest absolute Gasteiger partial charge is 0.246 e. The van der Waals surface area contributed by atoms with Crippen LogP contribution in [0.15, 0.2) is 78.9 Å². The van der Waals surface area contributed by atoms with Gasteiger partial charge in [-0.05, 0) is 43.8 Å². The van der Waals surface area contributed by atoms with Gasteiger partial charge < -0.3 is 10.1 Å². The monoisotopic (exact) mass is 431 g/mol. The van der Waals surface area contributed by atoms with E-state index in [4.69, 9.17) is 9.72 Å². The Kier molecular flexibility index (Phi) is 6.60. The Hall–Kier alpha value is -3.22. The molecule has 0 aliphatic heterocycles. The van der Waals surface area contributed by atoms with E-state index in [9.17, 15) is 4.79 Å². The molecule has 6 heteroatoms. The minimum atomic E-state index is -0.470. The summed E-state index contributed by atoms with van der Waals surface area (Å²) in [6, 6.07) is 25.0. The molecule has 0 saturated heterocycles. The van der Waals surface area contributed by atoms with Crippen molar-refractivity contribution in [3.8, 4) is 5.75 Å². The fourth-order valence-corrected chi connectivity index (χ4v) is 4.62. The molecule has 0 aliphatic carbocycles. The highest BCUT2D eigenvalue weighted by Gasteiger charge is 2.26. The van der Waals surface area contributed by atoms with Crippen molar-refractivity contribution in [3.05, 3.63) is 89.4 Å². The van der Waals surface area contributed by atoms with Gasteiger partial charge in [0.25, 0.3) is 0 Å². The minimum Gasteiger partial charge on any atom is -0.492 e. The van der Waals surface area contributed by atoms with Crippen LogP contribution in [0.1, 0.15) is 23.5 Å². The standard InChI is InChI=1S/C25H25N3O2S/c1-3-30-21-15-9-7-13-19(21)27-25(29)24(18-11-5-4-6-12-18)28(2)17-23-26-20-14-8-10-16-22(20)31-23/h4-16,24H,3,17H2,1-2H3,(H,27,29)/t24-/m1/s1. The zero-order chi connectivity index (χ0) is 21.6. The summed E-state index contributed by atoms with van der Waals surface area (Å²) in [6.45, 7) is 3.03. The van der Waals surface area contributed by atoms with Gasteiger partial charge in [0, 0.05) is 0 Å². The number of anilines is 1. The van der Waals surface area contributed by atoms with Crippen molar-refractivity contribution < 1.29 is 9.53 Å². The quantitative estimate of drug-likeness (QED) is 0.400. The number of fused-ring (bicyclic) bond motifs is 1. The van der Waals surface area contributed by atoms with Crippen molar-refractivity contribution in [2.75, 3.05) is 19.0 Å². The molecule has 1 N–H and O–H groups in total. The number of amides is 1. The van der Waals surface area contributed by atoms with E-state index in [1.807, 2.05) is 91.7 Å². The molecule has 4 rings (SSSR count). The summed E-state index contributed by atoms with van der Waals surface area (Å²) in [6.07, 6.45) is 0. The number of nitrogens with one attached hydrogen (secondary N) is 1. The third-order valence-corrected chi connectivity index (χ3v) is 5.99. The van der Waals surface area contributed by atoms with Crippen LogP contribution in [-0.2, 0) is 11.3 Å². The van der Waals surface area contributed by atoms with Crippen LogP contribution in [0, 0.1) is 0 Å². The molecule has 4 aromatic rings. The molecular weight excluding hydrogens is 406 g/mol. The molecule has 1 aromatic heterocycles. The SMILES string of the molecule is CCOc1ccccc1NC(=O)[C@@H](c1ccccc1)N(C)Cc1nc2ccccc2s1. The lowest BCUT2D eigenvalue weighted by Gasteiger charge is -2.27. The summed E-state index contributed by atoms with van der Waals surface area (Å²) in [5.74, 6) is 0.556. The van der Waals surface area contributed by atoms with Gasteiger partial charge in [0.2, 0.25) is 5.91 Å². The fraction of sp³-hybridized carbons (Fsp3) is 0.200. The Morgan fingerprint density at radius 1 is 1.03 bits per heavy atom. The zero-order valence-electron chi connectivity index (χ0n) is 17.6. The van der Waals surface area contributed by atoms with Crippen LogP contribution >= 0.6 is 11.3 Å². The summed E-state index contributed by atoms with van der Waals surface area (Å²) in [4.78, 5) is 20.2. The Labute approximate surface area is 186 Å². The number of nitrogens with zero attached hydrogens (tertiary/aromatic N) is 2. The first kappa shape index (κ1) is 21.0. The lowest BCUT2D eigenvalue weighted by molar-refractivity contribution is -0.121. The highest BCUT2D eigenvalue weighted by Crippen LogP contribution is 2.29. The van der Waals surface area contributed by atoms with Crippen LogP contribution in [0.2, 0.25) is 0 Å². The number of benzene rings is 3. The van der Waals surface area contributed by atoms with Gasteiger partial charge in [-0.2, -0.15) is 0 Å². The molecule has 0 unspecified atom stereocenters. The van der Waals surface area contributed by atoms with Crippen LogP contribution in [0.25, 0.3) is 10.2 Å². The van der Waals surface area contributed by atoms with Gasteiger partial charge in [0.15, 0.2) is 0 Å². The molecule has 0 saturated carbocycles. The van der Waals surface area contributed by atoms with E-state index in [2.05, 4.69) is 11.4 Å². The van der Waals surface area contributed by atoms with Crippen molar-refractivity contribution in [1.82, 2.24) is 9.88 Å². The first-order valence-electron chi connectivity index (χ1n) is 10.3. The molecule has 31 heavy (non-hydrogen) atoms. The molecule has 0 bridgehead atoms. The molecule has 5 nitrogen and oxygen atoms in total. The van der Waals surface area contributed by atoms with E-state index < -0.39 is 6.04 Å². The topological polar surface area (TPSA) is 54.5 Å². The number of ether oxygens (including phenoxy) is 1. The molecule has 0 spiro atoms. The van der Waals surface area contributed by atoms with Crippen molar-refractivity contribution in [1.29, 1.82) is 0 Å². The number of carbonyl (C=O) groups is 1. The molecule has 0 fully saturated rings. The average molecular weight is 432 g/mol. The predicted octanol–water partition coefficient (Wildman–Crippen LogP) is 5.51. The first-order chi connectivity index (χ1) is 15.2. The van der Waals surface area contributed by atoms with E-state index >= 15 is 0 Å². The van der Waals surface area contributed by atoms with Crippen molar-refractivity contribution in [3.63, 3.8) is 0 Å². The normalized spacial score (nSPS) is 12.1. The zero-order valence-corrected chi connectivity index (χ0v) is 18.4. The molecule has 0 radical (unpaired) electrons. The molecule has 1 heterocycles. The second-order valence-corrected chi connectivity index (χ2v) is 8.34. The minimum absolute atomic E-state index is 0.109. The Balaban J connectivity index is 1.60.